The molecular weight excluding hydrogens is 445 g/mol. The summed E-state index contributed by atoms with van der Waals surface area (Å²) in [5.41, 5.74) is 2.64. The number of amides is 1. The molecule has 6 nitrogen and oxygen atoms in total. The maximum Gasteiger partial charge on any atom is 0.255 e. The lowest BCUT2D eigenvalue weighted by atomic mass is 10.1. The smallest absolute Gasteiger partial charge is 0.255 e. The fraction of sp³-hybridized carbons (Fsp3) is 0.120. The molecule has 0 aliphatic rings. The molecule has 8 heteroatoms. The van der Waals surface area contributed by atoms with Gasteiger partial charge in [-0.2, -0.15) is 5.10 Å². The minimum atomic E-state index is -0.287. The number of carbonyl (C=O) groups excluding carboxylic acids is 1. The summed E-state index contributed by atoms with van der Waals surface area (Å²) in [7, 11) is 1.57. The van der Waals surface area contributed by atoms with Crippen molar-refractivity contribution in [3.63, 3.8) is 0 Å². The molecule has 0 unspecified atom stereocenters. The van der Waals surface area contributed by atoms with Crippen LogP contribution in [0.4, 0.5) is 10.1 Å². The number of hydrogen-bond acceptors (Lipinski definition) is 4. The van der Waals surface area contributed by atoms with Gasteiger partial charge in [-0.25, -0.2) is 4.39 Å². The van der Waals surface area contributed by atoms with Crippen molar-refractivity contribution in [3.8, 4) is 11.5 Å². The highest BCUT2D eigenvalue weighted by molar-refractivity contribution is 6.30. The van der Waals surface area contributed by atoms with E-state index in [2.05, 4.69) is 10.4 Å². The van der Waals surface area contributed by atoms with Crippen molar-refractivity contribution in [2.24, 2.45) is 0 Å². The zero-order valence-corrected chi connectivity index (χ0v) is 18.6. The van der Waals surface area contributed by atoms with E-state index in [4.69, 9.17) is 21.1 Å². The van der Waals surface area contributed by atoms with Crippen LogP contribution in [0.15, 0.2) is 79.1 Å². The van der Waals surface area contributed by atoms with E-state index >= 15 is 0 Å². The van der Waals surface area contributed by atoms with Gasteiger partial charge in [0.1, 0.15) is 23.9 Å². The average Bonchev–Trinajstić information content (AvgIpc) is 3.26. The summed E-state index contributed by atoms with van der Waals surface area (Å²) in [6.45, 7) is 0.687. The molecule has 168 valence electrons. The zero-order valence-electron chi connectivity index (χ0n) is 17.8. The van der Waals surface area contributed by atoms with Crippen molar-refractivity contribution in [1.29, 1.82) is 0 Å². The van der Waals surface area contributed by atoms with Gasteiger partial charge >= 0.3 is 0 Å². The number of hydrogen-bond donors (Lipinski definition) is 1. The summed E-state index contributed by atoms with van der Waals surface area (Å²) in [5.74, 6) is 0.703. The highest BCUT2D eigenvalue weighted by Gasteiger charge is 2.12. The van der Waals surface area contributed by atoms with E-state index in [-0.39, 0.29) is 18.3 Å². The minimum absolute atomic E-state index is 0.224. The third-order valence-electron chi connectivity index (χ3n) is 4.90. The zero-order chi connectivity index (χ0) is 23.2. The Bertz CT molecular complexity index is 1240. The highest BCUT2D eigenvalue weighted by Crippen LogP contribution is 2.24. The van der Waals surface area contributed by atoms with Crippen molar-refractivity contribution in [1.82, 2.24) is 9.78 Å². The number of anilines is 1. The first-order valence-electron chi connectivity index (χ1n) is 10.1. The van der Waals surface area contributed by atoms with E-state index in [0.717, 1.165) is 11.1 Å². The summed E-state index contributed by atoms with van der Waals surface area (Å²) in [6, 6.07) is 18.4. The van der Waals surface area contributed by atoms with Crippen LogP contribution in [0.1, 0.15) is 21.5 Å². The first kappa shape index (κ1) is 22.4. The van der Waals surface area contributed by atoms with E-state index < -0.39 is 0 Å². The van der Waals surface area contributed by atoms with Crippen molar-refractivity contribution in [2.45, 2.75) is 13.2 Å². The van der Waals surface area contributed by atoms with E-state index in [1.54, 1.807) is 78.8 Å². The predicted octanol–water partition coefficient (Wildman–Crippen LogP) is 5.56. The molecule has 0 radical (unpaired) electrons. The second-order valence-electron chi connectivity index (χ2n) is 7.28. The fourth-order valence-corrected chi connectivity index (χ4v) is 3.35. The molecule has 0 saturated carbocycles. The standard InChI is InChI=1S/C25H21ClFN3O3/c1-32-24-11-4-18(12-19(24)16-33-23-9-5-20(26)6-10-23)25(31)29-22-13-28-30(15-22)14-17-2-7-21(27)8-3-17/h2-13,15H,14,16H2,1H3,(H,29,31). The SMILES string of the molecule is COc1ccc(C(=O)Nc2cnn(Cc3ccc(F)cc3)c2)cc1COc1ccc(Cl)cc1. The number of ether oxygens (including phenoxy) is 2. The normalized spacial score (nSPS) is 10.6. The Labute approximate surface area is 195 Å². The molecule has 4 aromatic rings. The predicted molar refractivity (Wildman–Crippen MR) is 124 cm³/mol. The summed E-state index contributed by atoms with van der Waals surface area (Å²) < 4.78 is 25.9. The Morgan fingerprint density at radius 2 is 1.85 bits per heavy atom. The summed E-state index contributed by atoms with van der Waals surface area (Å²) in [6.07, 6.45) is 3.28. The fourth-order valence-electron chi connectivity index (χ4n) is 3.22. The van der Waals surface area contributed by atoms with Crippen LogP contribution in [0, 0.1) is 5.82 Å². The number of aromatic nitrogens is 2. The van der Waals surface area contributed by atoms with Gasteiger partial charge in [0.25, 0.3) is 5.91 Å². The molecule has 4 rings (SSSR count). The van der Waals surface area contributed by atoms with Crippen LogP contribution in [0.3, 0.4) is 0 Å². The van der Waals surface area contributed by atoms with Crippen LogP contribution >= 0.6 is 11.6 Å². The molecule has 3 aromatic carbocycles. The Balaban J connectivity index is 1.42. The quantitative estimate of drug-likeness (QED) is 0.370. The number of rotatable bonds is 8. The van der Waals surface area contributed by atoms with Gasteiger partial charge in [-0.05, 0) is 60.2 Å². The van der Waals surface area contributed by atoms with Crippen LogP contribution in [-0.4, -0.2) is 22.8 Å². The number of halogens is 2. The van der Waals surface area contributed by atoms with E-state index in [0.29, 0.717) is 34.3 Å². The van der Waals surface area contributed by atoms with Gasteiger partial charge in [-0.3, -0.25) is 9.48 Å². The van der Waals surface area contributed by atoms with Crippen molar-refractivity contribution >= 4 is 23.2 Å². The number of methoxy groups -OCH3 is 1. The lowest BCUT2D eigenvalue weighted by molar-refractivity contribution is 0.102. The molecule has 0 aliphatic heterocycles. The Morgan fingerprint density at radius 3 is 2.58 bits per heavy atom. The molecule has 0 fully saturated rings. The van der Waals surface area contributed by atoms with Gasteiger partial charge in [-0.1, -0.05) is 23.7 Å². The first-order chi connectivity index (χ1) is 16.0. The van der Waals surface area contributed by atoms with E-state index in [1.165, 1.54) is 12.1 Å². The molecule has 1 amide bonds. The molecule has 1 heterocycles. The van der Waals surface area contributed by atoms with Gasteiger partial charge in [0.15, 0.2) is 0 Å². The molecule has 0 spiro atoms. The molecule has 1 aromatic heterocycles. The number of nitrogens with one attached hydrogen (secondary N) is 1. The van der Waals surface area contributed by atoms with Crippen LogP contribution in [0.2, 0.25) is 5.02 Å². The lowest BCUT2D eigenvalue weighted by Crippen LogP contribution is -2.12. The Kier molecular flexibility index (Phi) is 6.90. The number of nitrogens with zero attached hydrogens (tertiary/aromatic N) is 2. The first-order valence-corrected chi connectivity index (χ1v) is 10.5. The number of benzene rings is 3. The third kappa shape index (κ3) is 5.90. The molecule has 0 bridgehead atoms. The molecule has 1 N–H and O–H groups in total. The second kappa shape index (κ2) is 10.2. The topological polar surface area (TPSA) is 65.4 Å². The monoisotopic (exact) mass is 465 g/mol. The lowest BCUT2D eigenvalue weighted by Gasteiger charge is -2.12. The van der Waals surface area contributed by atoms with Crippen molar-refractivity contribution in [3.05, 3.63) is 107 Å². The summed E-state index contributed by atoms with van der Waals surface area (Å²) in [5, 5.41) is 7.72. The van der Waals surface area contributed by atoms with Crippen LogP contribution in [-0.2, 0) is 13.2 Å². The van der Waals surface area contributed by atoms with Gasteiger partial charge in [0.2, 0.25) is 0 Å². The Hall–Kier alpha value is -3.84. The molecule has 0 atom stereocenters. The van der Waals surface area contributed by atoms with Crippen molar-refractivity contribution in [2.75, 3.05) is 12.4 Å². The summed E-state index contributed by atoms with van der Waals surface area (Å²) in [4.78, 5) is 12.8. The Morgan fingerprint density at radius 1 is 1.09 bits per heavy atom. The van der Waals surface area contributed by atoms with Gasteiger partial charge < -0.3 is 14.8 Å². The van der Waals surface area contributed by atoms with Gasteiger partial charge in [0.05, 0.1) is 25.5 Å². The van der Waals surface area contributed by atoms with Gasteiger partial charge in [-0.15, -0.1) is 0 Å². The molecule has 0 aliphatic carbocycles. The molecule has 33 heavy (non-hydrogen) atoms. The van der Waals surface area contributed by atoms with Crippen LogP contribution < -0.4 is 14.8 Å². The average molecular weight is 466 g/mol. The maximum absolute atomic E-state index is 13.1. The van der Waals surface area contributed by atoms with E-state index in [1.807, 2.05) is 0 Å². The third-order valence-corrected chi connectivity index (χ3v) is 5.15. The van der Waals surface area contributed by atoms with Crippen molar-refractivity contribution < 1.29 is 18.7 Å². The minimum Gasteiger partial charge on any atom is -0.496 e. The summed E-state index contributed by atoms with van der Waals surface area (Å²) >= 11 is 5.91. The number of carbonyl (C=O) groups is 1. The van der Waals surface area contributed by atoms with Gasteiger partial charge in [0, 0.05) is 22.3 Å². The molecular formula is C25H21ClFN3O3. The molecule has 0 saturated heterocycles. The second-order valence-corrected chi connectivity index (χ2v) is 7.71. The highest BCUT2D eigenvalue weighted by atomic mass is 35.5. The van der Waals surface area contributed by atoms with Crippen LogP contribution in [0.5, 0.6) is 11.5 Å². The van der Waals surface area contributed by atoms with E-state index in [9.17, 15) is 9.18 Å². The largest absolute Gasteiger partial charge is 0.496 e. The van der Waals surface area contributed by atoms with Crippen LogP contribution in [0.25, 0.3) is 0 Å². The maximum atomic E-state index is 13.1.